The van der Waals surface area contributed by atoms with Gasteiger partial charge >= 0.3 is 0 Å². The molecule has 0 aromatic rings. The van der Waals surface area contributed by atoms with Crippen LogP contribution in [-0.4, -0.2) is 11.2 Å². The van der Waals surface area contributed by atoms with Gasteiger partial charge in [-0.05, 0) is 17.9 Å². The van der Waals surface area contributed by atoms with Crippen molar-refractivity contribution >= 4 is 0 Å². The minimum absolute atomic E-state index is 0.0359. The second-order valence-electron chi connectivity index (χ2n) is 3.45. The van der Waals surface area contributed by atoms with Crippen molar-refractivity contribution in [1.82, 2.24) is 0 Å². The van der Waals surface area contributed by atoms with Crippen molar-refractivity contribution in [3.8, 4) is 0 Å². The summed E-state index contributed by atoms with van der Waals surface area (Å²) in [5, 5.41) is 9.06. The summed E-state index contributed by atoms with van der Waals surface area (Å²) in [6, 6.07) is 0. The van der Waals surface area contributed by atoms with E-state index in [9.17, 15) is 0 Å². The molecule has 0 aliphatic heterocycles. The monoisotopic (exact) mass is 128 g/mol. The maximum absolute atomic E-state index is 9.06. The third-order valence-electron chi connectivity index (χ3n) is 1.47. The summed E-state index contributed by atoms with van der Waals surface area (Å²) in [5.74, 6) is 0. The maximum atomic E-state index is 9.06. The lowest BCUT2D eigenvalue weighted by Gasteiger charge is -2.23. The van der Waals surface area contributed by atoms with Crippen molar-refractivity contribution in [3.05, 3.63) is 12.2 Å². The average molecular weight is 128 g/mol. The first kappa shape index (κ1) is 8.70. The molecule has 0 radical (unpaired) electrons. The van der Waals surface area contributed by atoms with Crippen molar-refractivity contribution in [2.24, 2.45) is 5.41 Å². The molecule has 1 nitrogen and oxygen atoms in total. The van der Waals surface area contributed by atoms with E-state index in [2.05, 4.69) is 6.58 Å². The van der Waals surface area contributed by atoms with Crippen LogP contribution >= 0.6 is 0 Å². The van der Waals surface area contributed by atoms with Gasteiger partial charge in [0.15, 0.2) is 0 Å². The topological polar surface area (TPSA) is 20.2 Å². The van der Waals surface area contributed by atoms with Gasteiger partial charge in [-0.15, -0.1) is 0 Å². The van der Waals surface area contributed by atoms with Crippen LogP contribution < -0.4 is 0 Å². The smallest absolute Gasteiger partial charge is 0.0724 e. The number of aliphatic hydroxyl groups is 1. The summed E-state index contributed by atoms with van der Waals surface area (Å²) < 4.78 is 0. The van der Waals surface area contributed by atoms with Gasteiger partial charge < -0.3 is 5.11 Å². The van der Waals surface area contributed by atoms with Gasteiger partial charge in [0.1, 0.15) is 0 Å². The second kappa shape index (κ2) is 2.53. The molecule has 0 saturated carbocycles. The summed E-state index contributed by atoms with van der Waals surface area (Å²) in [4.78, 5) is 0. The van der Waals surface area contributed by atoms with Crippen LogP contribution in [0.1, 0.15) is 27.7 Å². The minimum Gasteiger partial charge on any atom is -0.389 e. The summed E-state index contributed by atoms with van der Waals surface area (Å²) in [6.07, 6.45) is -0.384. The molecule has 1 unspecified atom stereocenters. The van der Waals surface area contributed by atoms with Gasteiger partial charge in [-0.1, -0.05) is 27.4 Å². The van der Waals surface area contributed by atoms with E-state index in [4.69, 9.17) is 5.11 Å². The molecule has 0 aliphatic rings. The van der Waals surface area contributed by atoms with E-state index >= 15 is 0 Å². The Balaban J connectivity index is 4.06. The fourth-order valence-electron chi connectivity index (χ4n) is 0.627. The lowest BCUT2D eigenvalue weighted by Crippen LogP contribution is -2.18. The van der Waals surface area contributed by atoms with E-state index in [1.54, 1.807) is 6.92 Å². The molecule has 0 aromatic carbocycles. The van der Waals surface area contributed by atoms with Crippen LogP contribution in [0.5, 0.6) is 0 Å². The predicted octanol–water partition coefficient (Wildman–Crippen LogP) is 1.97. The lowest BCUT2D eigenvalue weighted by atomic mass is 9.85. The van der Waals surface area contributed by atoms with E-state index in [0.29, 0.717) is 0 Å². The van der Waals surface area contributed by atoms with Crippen molar-refractivity contribution in [1.29, 1.82) is 0 Å². The maximum Gasteiger partial charge on any atom is 0.0724 e. The van der Waals surface area contributed by atoms with Gasteiger partial charge in [-0.3, -0.25) is 0 Å². The molecular weight excluding hydrogens is 112 g/mol. The van der Waals surface area contributed by atoms with Crippen LogP contribution in [0.15, 0.2) is 12.2 Å². The van der Waals surface area contributed by atoms with Gasteiger partial charge in [-0.2, -0.15) is 0 Å². The van der Waals surface area contributed by atoms with Gasteiger partial charge in [0.25, 0.3) is 0 Å². The highest BCUT2D eigenvalue weighted by Gasteiger charge is 2.17. The Kier molecular flexibility index (Phi) is 2.44. The largest absolute Gasteiger partial charge is 0.389 e. The summed E-state index contributed by atoms with van der Waals surface area (Å²) >= 11 is 0. The molecule has 0 amide bonds. The molecular formula is C8H16O. The summed E-state index contributed by atoms with van der Waals surface area (Å²) in [7, 11) is 0. The quantitative estimate of drug-likeness (QED) is 0.535. The lowest BCUT2D eigenvalue weighted by molar-refractivity contribution is 0.204. The molecule has 54 valence electrons. The van der Waals surface area contributed by atoms with Crippen LogP contribution in [0, 0.1) is 5.41 Å². The van der Waals surface area contributed by atoms with Gasteiger partial charge in [0, 0.05) is 0 Å². The first-order chi connectivity index (χ1) is 3.85. The van der Waals surface area contributed by atoms with Crippen LogP contribution in [0.2, 0.25) is 0 Å². The Hall–Kier alpha value is -0.300. The minimum atomic E-state index is -0.384. The fourth-order valence-corrected chi connectivity index (χ4v) is 0.627. The van der Waals surface area contributed by atoms with Crippen LogP contribution in [-0.2, 0) is 0 Å². The zero-order valence-corrected chi connectivity index (χ0v) is 6.73. The van der Waals surface area contributed by atoms with Crippen molar-refractivity contribution in [2.45, 2.75) is 33.8 Å². The molecule has 0 fully saturated rings. The third kappa shape index (κ3) is 2.66. The van der Waals surface area contributed by atoms with E-state index in [0.717, 1.165) is 5.57 Å². The molecule has 0 aliphatic carbocycles. The summed E-state index contributed by atoms with van der Waals surface area (Å²) in [5.41, 5.74) is 0.927. The van der Waals surface area contributed by atoms with Crippen LogP contribution in [0.25, 0.3) is 0 Å². The SMILES string of the molecule is C=C(C(C)O)C(C)(C)C. The number of rotatable bonds is 1. The molecule has 1 atom stereocenters. The van der Waals surface area contributed by atoms with E-state index in [1.165, 1.54) is 0 Å². The Morgan fingerprint density at radius 1 is 1.44 bits per heavy atom. The molecule has 1 heteroatoms. The average Bonchev–Trinajstić information content (AvgIpc) is 1.62. The Morgan fingerprint density at radius 3 is 1.78 bits per heavy atom. The van der Waals surface area contributed by atoms with Crippen molar-refractivity contribution in [3.63, 3.8) is 0 Å². The molecule has 0 spiro atoms. The van der Waals surface area contributed by atoms with Crippen LogP contribution in [0.3, 0.4) is 0 Å². The van der Waals surface area contributed by atoms with E-state index in [-0.39, 0.29) is 11.5 Å². The fraction of sp³-hybridized carbons (Fsp3) is 0.750. The van der Waals surface area contributed by atoms with Gasteiger partial charge in [0.2, 0.25) is 0 Å². The zero-order valence-electron chi connectivity index (χ0n) is 6.73. The standard InChI is InChI=1S/C8H16O/c1-6(7(2)9)8(3,4)5/h7,9H,1H2,2-5H3. The van der Waals surface area contributed by atoms with Crippen molar-refractivity contribution < 1.29 is 5.11 Å². The number of hydrogen-bond donors (Lipinski definition) is 1. The highest BCUT2D eigenvalue weighted by Crippen LogP contribution is 2.25. The molecule has 9 heavy (non-hydrogen) atoms. The Morgan fingerprint density at radius 2 is 1.78 bits per heavy atom. The number of hydrogen-bond acceptors (Lipinski definition) is 1. The first-order valence-electron chi connectivity index (χ1n) is 3.23. The first-order valence-corrected chi connectivity index (χ1v) is 3.23. The molecule has 0 bridgehead atoms. The van der Waals surface area contributed by atoms with Gasteiger partial charge in [0.05, 0.1) is 6.10 Å². The normalized spacial score (nSPS) is 15.2. The highest BCUT2D eigenvalue weighted by molar-refractivity contribution is 5.09. The predicted molar refractivity (Wildman–Crippen MR) is 40.3 cm³/mol. The molecule has 0 rings (SSSR count). The zero-order chi connectivity index (χ0) is 7.65. The van der Waals surface area contributed by atoms with Gasteiger partial charge in [-0.25, -0.2) is 0 Å². The van der Waals surface area contributed by atoms with Crippen molar-refractivity contribution in [2.75, 3.05) is 0 Å². The Bertz CT molecular complexity index is 106. The molecule has 1 N–H and O–H groups in total. The Labute approximate surface area is 57.4 Å². The highest BCUT2D eigenvalue weighted by atomic mass is 16.3. The third-order valence-corrected chi connectivity index (χ3v) is 1.47. The van der Waals surface area contributed by atoms with E-state index in [1.807, 2.05) is 20.8 Å². The number of aliphatic hydroxyl groups excluding tert-OH is 1. The summed E-state index contributed by atoms with van der Waals surface area (Å²) in [6.45, 7) is 11.7. The second-order valence-corrected chi connectivity index (χ2v) is 3.45. The molecule has 0 saturated heterocycles. The molecule has 0 aromatic heterocycles. The van der Waals surface area contributed by atoms with Crippen LogP contribution in [0.4, 0.5) is 0 Å². The van der Waals surface area contributed by atoms with E-state index < -0.39 is 0 Å². The molecule has 0 heterocycles.